The summed E-state index contributed by atoms with van der Waals surface area (Å²) in [4.78, 5) is 6.81. The Morgan fingerprint density at radius 3 is 3.18 bits per heavy atom. The standard InChI is InChI=1S/C13H20ClN3/c1-15-9-7-11-5-2-3-10-17(11)13-12(14)6-4-8-16-13/h4,6,8,11,15H,2-3,5,7,9-10H2,1H3. The van der Waals surface area contributed by atoms with Gasteiger partial charge in [-0.1, -0.05) is 11.6 Å². The van der Waals surface area contributed by atoms with Crippen molar-refractivity contribution in [1.82, 2.24) is 10.3 Å². The molecule has 94 valence electrons. The highest BCUT2D eigenvalue weighted by atomic mass is 35.5. The van der Waals surface area contributed by atoms with Crippen molar-refractivity contribution >= 4 is 17.4 Å². The van der Waals surface area contributed by atoms with Crippen LogP contribution < -0.4 is 10.2 Å². The average Bonchev–Trinajstić information content (AvgIpc) is 2.37. The Kier molecular flexibility index (Phi) is 4.63. The van der Waals surface area contributed by atoms with Gasteiger partial charge in [0.05, 0.1) is 5.02 Å². The lowest BCUT2D eigenvalue weighted by Crippen LogP contribution is -2.41. The molecular weight excluding hydrogens is 234 g/mol. The number of pyridine rings is 1. The number of halogens is 1. The van der Waals surface area contributed by atoms with Crippen molar-refractivity contribution in [2.45, 2.75) is 31.7 Å². The zero-order chi connectivity index (χ0) is 12.1. The van der Waals surface area contributed by atoms with Crippen LogP contribution in [0.3, 0.4) is 0 Å². The summed E-state index contributed by atoms with van der Waals surface area (Å²) in [5.41, 5.74) is 0. The molecule has 2 rings (SSSR count). The van der Waals surface area contributed by atoms with Crippen LogP contribution in [0.4, 0.5) is 5.82 Å². The first-order valence-corrected chi connectivity index (χ1v) is 6.72. The molecule has 2 heterocycles. The van der Waals surface area contributed by atoms with Gasteiger partial charge >= 0.3 is 0 Å². The SMILES string of the molecule is CNCCC1CCCCN1c1ncccc1Cl. The van der Waals surface area contributed by atoms with E-state index in [4.69, 9.17) is 11.6 Å². The zero-order valence-electron chi connectivity index (χ0n) is 10.3. The second-order valence-corrected chi connectivity index (χ2v) is 4.95. The highest BCUT2D eigenvalue weighted by Crippen LogP contribution is 2.29. The van der Waals surface area contributed by atoms with Crippen molar-refractivity contribution in [3.8, 4) is 0 Å². The Labute approximate surface area is 108 Å². The van der Waals surface area contributed by atoms with Crippen LogP contribution in [0.25, 0.3) is 0 Å². The smallest absolute Gasteiger partial charge is 0.147 e. The van der Waals surface area contributed by atoms with Gasteiger partial charge in [-0.15, -0.1) is 0 Å². The third-order valence-electron chi connectivity index (χ3n) is 3.37. The molecule has 1 aliphatic heterocycles. The van der Waals surface area contributed by atoms with Crippen LogP contribution in [0.15, 0.2) is 18.3 Å². The minimum absolute atomic E-state index is 0.573. The molecule has 0 radical (unpaired) electrons. The monoisotopic (exact) mass is 253 g/mol. The number of aromatic nitrogens is 1. The van der Waals surface area contributed by atoms with Gasteiger partial charge in [-0.05, 0) is 51.4 Å². The Balaban J connectivity index is 2.13. The third-order valence-corrected chi connectivity index (χ3v) is 3.66. The van der Waals surface area contributed by atoms with Crippen LogP contribution in [-0.4, -0.2) is 31.2 Å². The van der Waals surface area contributed by atoms with Crippen LogP contribution in [0.5, 0.6) is 0 Å². The molecule has 1 aromatic rings. The van der Waals surface area contributed by atoms with E-state index in [0.29, 0.717) is 6.04 Å². The topological polar surface area (TPSA) is 28.2 Å². The van der Waals surface area contributed by atoms with Crippen LogP contribution in [0.1, 0.15) is 25.7 Å². The number of nitrogens with zero attached hydrogens (tertiary/aromatic N) is 2. The number of hydrogen-bond acceptors (Lipinski definition) is 3. The molecule has 1 atom stereocenters. The third kappa shape index (κ3) is 3.11. The molecule has 1 fully saturated rings. The average molecular weight is 254 g/mol. The van der Waals surface area contributed by atoms with Gasteiger partial charge in [0.2, 0.25) is 0 Å². The van der Waals surface area contributed by atoms with E-state index in [1.54, 1.807) is 0 Å². The van der Waals surface area contributed by atoms with Gasteiger partial charge in [-0.2, -0.15) is 0 Å². The molecular formula is C13H20ClN3. The van der Waals surface area contributed by atoms with E-state index in [2.05, 4.69) is 15.2 Å². The van der Waals surface area contributed by atoms with E-state index in [1.165, 1.54) is 19.3 Å². The van der Waals surface area contributed by atoms with Gasteiger partial charge in [0.15, 0.2) is 0 Å². The summed E-state index contributed by atoms with van der Waals surface area (Å²) in [6, 6.07) is 4.38. The molecule has 0 aromatic carbocycles. The minimum atomic E-state index is 0.573. The van der Waals surface area contributed by atoms with Crippen molar-refractivity contribution in [2.24, 2.45) is 0 Å². The second-order valence-electron chi connectivity index (χ2n) is 4.54. The van der Waals surface area contributed by atoms with Gasteiger partial charge in [-0.25, -0.2) is 4.98 Å². The van der Waals surface area contributed by atoms with Crippen LogP contribution in [0.2, 0.25) is 5.02 Å². The minimum Gasteiger partial charge on any atom is -0.352 e. The Morgan fingerprint density at radius 1 is 1.53 bits per heavy atom. The number of piperidine rings is 1. The molecule has 0 bridgehead atoms. The highest BCUT2D eigenvalue weighted by Gasteiger charge is 2.24. The quantitative estimate of drug-likeness (QED) is 0.894. The zero-order valence-corrected chi connectivity index (χ0v) is 11.1. The second kappa shape index (κ2) is 6.22. The molecule has 1 unspecified atom stereocenters. The van der Waals surface area contributed by atoms with Crippen molar-refractivity contribution in [1.29, 1.82) is 0 Å². The molecule has 0 spiro atoms. The molecule has 0 aliphatic carbocycles. The Morgan fingerprint density at radius 2 is 2.41 bits per heavy atom. The summed E-state index contributed by atoms with van der Waals surface area (Å²) in [7, 11) is 2.00. The maximum absolute atomic E-state index is 6.24. The van der Waals surface area contributed by atoms with Crippen LogP contribution >= 0.6 is 11.6 Å². The van der Waals surface area contributed by atoms with Gasteiger partial charge in [-0.3, -0.25) is 0 Å². The van der Waals surface area contributed by atoms with Crippen molar-refractivity contribution < 1.29 is 0 Å². The van der Waals surface area contributed by atoms with Crippen LogP contribution in [-0.2, 0) is 0 Å². The van der Waals surface area contributed by atoms with Crippen molar-refractivity contribution in [3.05, 3.63) is 23.4 Å². The lowest BCUT2D eigenvalue weighted by Gasteiger charge is -2.37. The molecule has 4 heteroatoms. The van der Waals surface area contributed by atoms with E-state index in [-0.39, 0.29) is 0 Å². The summed E-state index contributed by atoms with van der Waals surface area (Å²) in [6.45, 7) is 2.12. The predicted octanol–water partition coefficient (Wildman–Crippen LogP) is 2.70. The summed E-state index contributed by atoms with van der Waals surface area (Å²) in [5.74, 6) is 0.954. The maximum Gasteiger partial charge on any atom is 0.147 e. The van der Waals surface area contributed by atoms with Gasteiger partial charge in [0, 0.05) is 18.8 Å². The molecule has 3 nitrogen and oxygen atoms in total. The normalized spacial score (nSPS) is 20.6. The van der Waals surface area contributed by atoms with E-state index >= 15 is 0 Å². The van der Waals surface area contributed by atoms with Gasteiger partial charge in [0.25, 0.3) is 0 Å². The molecule has 1 aliphatic rings. The molecule has 0 saturated carbocycles. The van der Waals surface area contributed by atoms with Crippen molar-refractivity contribution in [2.75, 3.05) is 25.0 Å². The van der Waals surface area contributed by atoms with Gasteiger partial charge in [0.1, 0.15) is 5.82 Å². The predicted molar refractivity (Wildman–Crippen MR) is 72.8 cm³/mol. The van der Waals surface area contributed by atoms with E-state index in [1.807, 2.05) is 25.4 Å². The summed E-state index contributed by atoms with van der Waals surface area (Å²) >= 11 is 6.24. The summed E-state index contributed by atoms with van der Waals surface area (Å²) in [5, 5.41) is 3.99. The van der Waals surface area contributed by atoms with E-state index < -0.39 is 0 Å². The van der Waals surface area contributed by atoms with E-state index in [0.717, 1.165) is 30.4 Å². The van der Waals surface area contributed by atoms with E-state index in [9.17, 15) is 0 Å². The highest BCUT2D eigenvalue weighted by molar-refractivity contribution is 6.32. The molecule has 1 saturated heterocycles. The largest absolute Gasteiger partial charge is 0.352 e. The Bertz CT molecular complexity index is 356. The summed E-state index contributed by atoms with van der Waals surface area (Å²) in [6.07, 6.45) is 6.78. The fourth-order valence-corrected chi connectivity index (χ4v) is 2.71. The lowest BCUT2D eigenvalue weighted by molar-refractivity contribution is 0.430. The number of nitrogens with one attached hydrogen (secondary N) is 1. The molecule has 0 amide bonds. The summed E-state index contributed by atoms with van der Waals surface area (Å²) < 4.78 is 0. The number of hydrogen-bond donors (Lipinski definition) is 1. The number of rotatable bonds is 4. The fourth-order valence-electron chi connectivity index (χ4n) is 2.48. The molecule has 1 N–H and O–H groups in total. The maximum atomic E-state index is 6.24. The fraction of sp³-hybridized carbons (Fsp3) is 0.615. The molecule has 17 heavy (non-hydrogen) atoms. The Hall–Kier alpha value is -0.800. The van der Waals surface area contributed by atoms with Crippen LogP contribution in [0, 0.1) is 0 Å². The first-order chi connectivity index (χ1) is 8.33. The first-order valence-electron chi connectivity index (χ1n) is 6.34. The molecule has 1 aromatic heterocycles. The van der Waals surface area contributed by atoms with Crippen molar-refractivity contribution in [3.63, 3.8) is 0 Å². The lowest BCUT2D eigenvalue weighted by atomic mass is 9.99. The number of anilines is 1. The first kappa shape index (κ1) is 12.7. The van der Waals surface area contributed by atoms with Gasteiger partial charge < -0.3 is 10.2 Å².